The van der Waals surface area contributed by atoms with Gasteiger partial charge in [-0.25, -0.2) is 4.39 Å². The Labute approximate surface area is 206 Å². The fraction of sp³-hybridized carbons (Fsp3) is 0.0690. The Morgan fingerprint density at radius 2 is 1.58 bits per heavy atom. The highest BCUT2D eigenvalue weighted by atomic mass is 19.1. The monoisotopic (exact) mass is 479 g/mol. The second kappa shape index (κ2) is 9.84. The summed E-state index contributed by atoms with van der Waals surface area (Å²) in [5, 5.41) is 6.21. The van der Waals surface area contributed by atoms with E-state index in [0.717, 1.165) is 16.7 Å². The minimum absolute atomic E-state index is 0.192. The summed E-state index contributed by atoms with van der Waals surface area (Å²) in [7, 11) is 1.55. The van der Waals surface area contributed by atoms with Gasteiger partial charge in [-0.1, -0.05) is 18.2 Å². The molecule has 0 saturated carbocycles. The Morgan fingerprint density at radius 1 is 0.861 bits per heavy atom. The van der Waals surface area contributed by atoms with Crippen LogP contribution < -0.4 is 10.6 Å². The Balaban J connectivity index is 1.50. The van der Waals surface area contributed by atoms with Crippen LogP contribution >= 0.6 is 0 Å². The lowest BCUT2D eigenvalue weighted by Gasteiger charge is -2.08. The SMILES string of the molecule is CNC(=O)c1c(-c2ccc(F)cc2)oc2ccc(-c3cccc(C(=O)NCc4ccncc4)c3)cc12. The molecule has 0 unspecified atom stereocenters. The van der Waals surface area contributed by atoms with E-state index in [9.17, 15) is 14.0 Å². The summed E-state index contributed by atoms with van der Waals surface area (Å²) in [6, 6.07) is 22.3. The first-order valence-electron chi connectivity index (χ1n) is 11.4. The molecule has 0 atom stereocenters. The highest BCUT2D eigenvalue weighted by Gasteiger charge is 2.22. The van der Waals surface area contributed by atoms with Crippen LogP contribution in [0.5, 0.6) is 0 Å². The van der Waals surface area contributed by atoms with E-state index in [1.165, 1.54) is 12.1 Å². The van der Waals surface area contributed by atoms with Crippen molar-refractivity contribution in [2.75, 3.05) is 7.05 Å². The van der Waals surface area contributed by atoms with E-state index in [0.29, 0.717) is 40.0 Å². The molecule has 178 valence electrons. The van der Waals surface area contributed by atoms with Gasteiger partial charge in [-0.05, 0) is 77.4 Å². The molecule has 2 amide bonds. The van der Waals surface area contributed by atoms with Gasteiger partial charge in [-0.3, -0.25) is 14.6 Å². The summed E-state index contributed by atoms with van der Waals surface area (Å²) >= 11 is 0. The zero-order valence-electron chi connectivity index (χ0n) is 19.4. The van der Waals surface area contributed by atoms with Gasteiger partial charge in [0.15, 0.2) is 0 Å². The quantitative estimate of drug-likeness (QED) is 0.333. The van der Waals surface area contributed by atoms with E-state index in [-0.39, 0.29) is 17.6 Å². The number of nitrogens with zero attached hydrogens (tertiary/aromatic N) is 1. The zero-order chi connectivity index (χ0) is 25.1. The first kappa shape index (κ1) is 23.0. The van der Waals surface area contributed by atoms with Crippen molar-refractivity contribution in [1.29, 1.82) is 0 Å². The minimum Gasteiger partial charge on any atom is -0.455 e. The van der Waals surface area contributed by atoms with Crippen LogP contribution in [0, 0.1) is 5.82 Å². The number of hydrogen-bond donors (Lipinski definition) is 2. The summed E-state index contributed by atoms with van der Waals surface area (Å²) in [5.74, 6) is -0.508. The second-order valence-electron chi connectivity index (χ2n) is 8.22. The fourth-order valence-corrected chi connectivity index (χ4v) is 4.06. The van der Waals surface area contributed by atoms with Crippen LogP contribution in [0.3, 0.4) is 0 Å². The number of hydrogen-bond acceptors (Lipinski definition) is 4. The molecule has 0 bridgehead atoms. The summed E-state index contributed by atoms with van der Waals surface area (Å²) in [6.45, 7) is 0.397. The topological polar surface area (TPSA) is 84.2 Å². The molecule has 2 aromatic heterocycles. The molecule has 0 radical (unpaired) electrons. The first-order valence-corrected chi connectivity index (χ1v) is 11.4. The molecule has 6 nitrogen and oxygen atoms in total. The number of benzene rings is 3. The molecule has 2 heterocycles. The van der Waals surface area contributed by atoms with Gasteiger partial charge in [-0.2, -0.15) is 0 Å². The highest BCUT2D eigenvalue weighted by molar-refractivity contribution is 6.11. The predicted molar refractivity (Wildman–Crippen MR) is 136 cm³/mol. The average Bonchev–Trinajstić information content (AvgIpc) is 3.31. The molecule has 5 aromatic rings. The van der Waals surface area contributed by atoms with E-state index >= 15 is 0 Å². The van der Waals surface area contributed by atoms with E-state index < -0.39 is 0 Å². The third-order valence-electron chi connectivity index (χ3n) is 5.91. The predicted octanol–water partition coefficient (Wildman–Crippen LogP) is 5.59. The van der Waals surface area contributed by atoms with Crippen LogP contribution in [0.2, 0.25) is 0 Å². The molecule has 5 rings (SSSR count). The number of halogens is 1. The van der Waals surface area contributed by atoms with E-state index in [1.807, 2.05) is 42.5 Å². The van der Waals surface area contributed by atoms with Crippen LogP contribution in [0.15, 0.2) is 95.7 Å². The number of rotatable bonds is 6. The maximum Gasteiger partial charge on any atom is 0.255 e. The summed E-state index contributed by atoms with van der Waals surface area (Å²) in [4.78, 5) is 29.6. The number of nitrogens with one attached hydrogen (secondary N) is 2. The fourth-order valence-electron chi connectivity index (χ4n) is 4.06. The lowest BCUT2D eigenvalue weighted by molar-refractivity contribution is 0.0947. The van der Waals surface area contributed by atoms with Gasteiger partial charge < -0.3 is 15.1 Å². The van der Waals surface area contributed by atoms with Gasteiger partial charge in [0.2, 0.25) is 0 Å². The van der Waals surface area contributed by atoms with Crippen molar-refractivity contribution in [1.82, 2.24) is 15.6 Å². The van der Waals surface area contributed by atoms with Gasteiger partial charge >= 0.3 is 0 Å². The summed E-state index contributed by atoms with van der Waals surface area (Å²) in [6.07, 6.45) is 3.37. The van der Waals surface area contributed by atoms with Crippen molar-refractivity contribution in [3.63, 3.8) is 0 Å². The van der Waals surface area contributed by atoms with E-state index in [2.05, 4.69) is 15.6 Å². The van der Waals surface area contributed by atoms with E-state index in [4.69, 9.17) is 4.42 Å². The van der Waals surface area contributed by atoms with Crippen molar-refractivity contribution in [3.05, 3.63) is 114 Å². The second-order valence-corrected chi connectivity index (χ2v) is 8.22. The smallest absolute Gasteiger partial charge is 0.255 e. The highest BCUT2D eigenvalue weighted by Crippen LogP contribution is 2.36. The molecule has 36 heavy (non-hydrogen) atoms. The molecule has 3 aromatic carbocycles. The summed E-state index contributed by atoms with van der Waals surface area (Å²) in [5.41, 5.74) is 4.62. The number of amides is 2. The normalized spacial score (nSPS) is 10.8. The number of fused-ring (bicyclic) bond motifs is 1. The third-order valence-corrected chi connectivity index (χ3v) is 5.91. The molecular weight excluding hydrogens is 457 g/mol. The Morgan fingerprint density at radius 3 is 2.33 bits per heavy atom. The third kappa shape index (κ3) is 4.59. The number of furan rings is 1. The van der Waals surface area contributed by atoms with Crippen molar-refractivity contribution in [2.24, 2.45) is 0 Å². The van der Waals surface area contributed by atoms with Crippen molar-refractivity contribution in [2.45, 2.75) is 6.54 Å². The van der Waals surface area contributed by atoms with Gasteiger partial charge in [0.05, 0.1) is 5.56 Å². The number of carbonyl (C=O) groups is 2. The Bertz CT molecular complexity index is 1560. The average molecular weight is 480 g/mol. The zero-order valence-corrected chi connectivity index (χ0v) is 19.4. The van der Waals surface area contributed by atoms with Gasteiger partial charge in [-0.15, -0.1) is 0 Å². The van der Waals surface area contributed by atoms with Crippen LogP contribution in [0.1, 0.15) is 26.3 Å². The number of pyridine rings is 1. The standard InChI is InChI=1S/C29H22FN3O3/c1-31-29(35)26-24-16-21(7-10-25(24)36-27(26)19-5-8-23(30)9-6-19)20-3-2-4-22(15-20)28(34)33-17-18-11-13-32-14-12-18/h2-16H,17H2,1H3,(H,31,35)(H,33,34). The van der Waals surface area contributed by atoms with Crippen LogP contribution in [-0.4, -0.2) is 23.8 Å². The molecular formula is C29H22FN3O3. The molecule has 0 saturated heterocycles. The lowest BCUT2D eigenvalue weighted by Crippen LogP contribution is -2.22. The molecule has 2 N–H and O–H groups in total. The van der Waals surface area contributed by atoms with Crippen LogP contribution in [-0.2, 0) is 6.54 Å². The molecule has 0 aliphatic carbocycles. The maximum atomic E-state index is 13.5. The van der Waals surface area contributed by atoms with Crippen molar-refractivity contribution >= 4 is 22.8 Å². The minimum atomic E-state index is -0.372. The number of carbonyl (C=O) groups excluding carboxylic acids is 2. The lowest BCUT2D eigenvalue weighted by atomic mass is 9.99. The van der Waals surface area contributed by atoms with Crippen molar-refractivity contribution in [3.8, 4) is 22.5 Å². The molecule has 0 spiro atoms. The van der Waals surface area contributed by atoms with Gasteiger partial charge in [0.25, 0.3) is 11.8 Å². The maximum absolute atomic E-state index is 13.5. The van der Waals surface area contributed by atoms with Crippen molar-refractivity contribution < 1.29 is 18.4 Å². The van der Waals surface area contributed by atoms with Gasteiger partial charge in [0, 0.05) is 42.5 Å². The summed E-state index contributed by atoms with van der Waals surface area (Å²) < 4.78 is 19.5. The number of aromatic nitrogens is 1. The first-order chi connectivity index (χ1) is 17.5. The van der Waals surface area contributed by atoms with Crippen LogP contribution in [0.25, 0.3) is 33.4 Å². The van der Waals surface area contributed by atoms with Crippen LogP contribution in [0.4, 0.5) is 4.39 Å². The molecule has 0 aliphatic heterocycles. The largest absolute Gasteiger partial charge is 0.455 e. The van der Waals surface area contributed by atoms with Gasteiger partial charge in [0.1, 0.15) is 17.2 Å². The molecule has 0 fully saturated rings. The Hall–Kier alpha value is -4.78. The molecule has 0 aliphatic rings. The van der Waals surface area contributed by atoms with E-state index in [1.54, 1.807) is 43.7 Å². The molecule has 7 heteroatoms. The Kier molecular flexibility index (Phi) is 6.28.